The van der Waals surface area contributed by atoms with Crippen molar-refractivity contribution >= 4 is 0 Å². The molecule has 25 heavy (non-hydrogen) atoms. The van der Waals surface area contributed by atoms with Gasteiger partial charge >= 0.3 is 0 Å². The van der Waals surface area contributed by atoms with Crippen LogP contribution in [0.5, 0.6) is 0 Å². The fourth-order valence-corrected chi connectivity index (χ4v) is 3.24. The molecule has 0 aliphatic heterocycles. The summed E-state index contributed by atoms with van der Waals surface area (Å²) < 4.78 is 0. The molecular weight excluding hydrogens is 300 g/mol. The summed E-state index contributed by atoms with van der Waals surface area (Å²) in [6, 6.07) is 38.7. The normalized spacial score (nSPS) is 10.6. The zero-order chi connectivity index (χ0) is 16.9. The quantitative estimate of drug-likeness (QED) is 0.397. The van der Waals surface area contributed by atoms with Crippen molar-refractivity contribution in [1.29, 1.82) is 0 Å². The van der Waals surface area contributed by atoms with Crippen LogP contribution in [-0.2, 0) is 6.42 Å². The van der Waals surface area contributed by atoms with Gasteiger partial charge in [-0.15, -0.1) is 0 Å². The first-order chi connectivity index (χ1) is 12.4. The van der Waals surface area contributed by atoms with Gasteiger partial charge in [-0.3, -0.25) is 0 Å². The summed E-state index contributed by atoms with van der Waals surface area (Å²) in [5.41, 5.74) is 7.82. The first-order valence-corrected chi connectivity index (χ1v) is 8.68. The van der Waals surface area contributed by atoms with E-state index >= 15 is 0 Å². The highest BCUT2D eigenvalue weighted by Gasteiger charge is 2.05. The highest BCUT2D eigenvalue weighted by molar-refractivity contribution is 5.68. The van der Waals surface area contributed by atoms with E-state index in [1.165, 1.54) is 33.4 Å². The molecule has 0 aliphatic carbocycles. The first-order valence-electron chi connectivity index (χ1n) is 8.68. The Hall–Kier alpha value is -3.12. The van der Waals surface area contributed by atoms with E-state index in [1.807, 2.05) is 0 Å². The Bertz CT molecular complexity index is 936. The molecule has 120 valence electrons. The summed E-state index contributed by atoms with van der Waals surface area (Å²) in [5.74, 6) is 0. The Morgan fingerprint density at radius 2 is 0.920 bits per heavy atom. The number of hydrogen-bond acceptors (Lipinski definition) is 0. The third-order valence-electron chi connectivity index (χ3n) is 4.56. The molecule has 0 heterocycles. The molecule has 4 aromatic rings. The molecule has 0 aliphatic rings. The van der Waals surface area contributed by atoms with Crippen molar-refractivity contribution < 1.29 is 0 Å². The summed E-state index contributed by atoms with van der Waals surface area (Å²) in [5, 5.41) is 0. The third-order valence-corrected chi connectivity index (χ3v) is 4.56. The zero-order valence-electron chi connectivity index (χ0n) is 14.1. The first kappa shape index (κ1) is 15.4. The van der Waals surface area contributed by atoms with Crippen molar-refractivity contribution in [1.82, 2.24) is 0 Å². The highest BCUT2D eigenvalue weighted by Crippen LogP contribution is 2.26. The van der Waals surface area contributed by atoms with E-state index in [4.69, 9.17) is 0 Å². The molecule has 0 heteroatoms. The second-order valence-electron chi connectivity index (χ2n) is 6.26. The molecule has 4 aromatic carbocycles. The SMILES string of the molecule is c1ccc(-c2ccc(Cc3ccccc3-c3ccccc3)cc2)cc1. The standard InChI is InChI=1S/C25H20/c1-3-9-21(10-4-1)22-17-15-20(16-18-22)19-24-13-7-8-14-25(24)23-11-5-2-6-12-23/h1-18H,19H2. The Morgan fingerprint density at radius 3 is 1.60 bits per heavy atom. The lowest BCUT2D eigenvalue weighted by atomic mass is 9.94. The molecule has 0 nitrogen and oxygen atoms in total. The van der Waals surface area contributed by atoms with Crippen LogP contribution in [0, 0.1) is 0 Å². The Kier molecular flexibility index (Phi) is 4.43. The van der Waals surface area contributed by atoms with Gasteiger partial charge in [-0.1, -0.05) is 109 Å². The molecule has 0 spiro atoms. The van der Waals surface area contributed by atoms with Crippen molar-refractivity contribution in [2.45, 2.75) is 6.42 Å². The molecule has 0 bridgehead atoms. The smallest absolute Gasteiger partial charge is 0.00196 e. The van der Waals surface area contributed by atoms with Crippen LogP contribution in [0.15, 0.2) is 109 Å². The second-order valence-corrected chi connectivity index (χ2v) is 6.26. The maximum atomic E-state index is 2.24. The maximum Gasteiger partial charge on any atom is -0.00196 e. The van der Waals surface area contributed by atoms with Gasteiger partial charge in [0, 0.05) is 0 Å². The summed E-state index contributed by atoms with van der Waals surface area (Å²) in [7, 11) is 0. The Morgan fingerprint density at radius 1 is 0.400 bits per heavy atom. The third kappa shape index (κ3) is 3.54. The van der Waals surface area contributed by atoms with Crippen LogP contribution in [0.3, 0.4) is 0 Å². The topological polar surface area (TPSA) is 0 Å². The molecule has 0 radical (unpaired) electrons. The zero-order valence-corrected chi connectivity index (χ0v) is 14.1. The van der Waals surface area contributed by atoms with E-state index in [1.54, 1.807) is 0 Å². The molecule has 0 fully saturated rings. The van der Waals surface area contributed by atoms with Crippen LogP contribution in [0.1, 0.15) is 11.1 Å². The van der Waals surface area contributed by atoms with Gasteiger partial charge in [-0.2, -0.15) is 0 Å². The molecule has 0 atom stereocenters. The molecule has 0 aromatic heterocycles. The van der Waals surface area contributed by atoms with Crippen LogP contribution >= 0.6 is 0 Å². The summed E-state index contributed by atoms with van der Waals surface area (Å²) in [4.78, 5) is 0. The molecule has 0 amide bonds. The van der Waals surface area contributed by atoms with Gasteiger partial charge in [-0.25, -0.2) is 0 Å². The van der Waals surface area contributed by atoms with Crippen LogP contribution in [-0.4, -0.2) is 0 Å². The van der Waals surface area contributed by atoms with Crippen LogP contribution in [0.2, 0.25) is 0 Å². The molecule has 0 saturated carbocycles. The average molecular weight is 320 g/mol. The molecule has 0 saturated heterocycles. The van der Waals surface area contributed by atoms with E-state index < -0.39 is 0 Å². The van der Waals surface area contributed by atoms with Gasteiger partial charge in [0.15, 0.2) is 0 Å². The minimum absolute atomic E-state index is 0.945. The van der Waals surface area contributed by atoms with Gasteiger partial charge in [0.25, 0.3) is 0 Å². The van der Waals surface area contributed by atoms with Crippen LogP contribution in [0.25, 0.3) is 22.3 Å². The summed E-state index contributed by atoms with van der Waals surface area (Å²) >= 11 is 0. The van der Waals surface area contributed by atoms with Crippen molar-refractivity contribution in [2.24, 2.45) is 0 Å². The maximum absolute atomic E-state index is 2.24. The van der Waals surface area contributed by atoms with Crippen LogP contribution < -0.4 is 0 Å². The van der Waals surface area contributed by atoms with Gasteiger partial charge in [-0.05, 0) is 39.8 Å². The molecule has 0 N–H and O–H groups in total. The van der Waals surface area contributed by atoms with Crippen molar-refractivity contribution in [3.05, 3.63) is 120 Å². The number of hydrogen-bond donors (Lipinski definition) is 0. The number of benzene rings is 4. The number of rotatable bonds is 4. The lowest BCUT2D eigenvalue weighted by Gasteiger charge is -2.10. The minimum atomic E-state index is 0.945. The lowest BCUT2D eigenvalue weighted by molar-refractivity contribution is 1.20. The summed E-state index contributed by atoms with van der Waals surface area (Å²) in [6.07, 6.45) is 0.945. The Labute approximate surface area is 149 Å². The molecular formula is C25H20. The van der Waals surface area contributed by atoms with E-state index in [0.717, 1.165) is 6.42 Å². The van der Waals surface area contributed by atoms with Crippen molar-refractivity contribution in [3.63, 3.8) is 0 Å². The van der Waals surface area contributed by atoms with Gasteiger partial charge in [0.2, 0.25) is 0 Å². The predicted octanol–water partition coefficient (Wildman–Crippen LogP) is 6.61. The largest absolute Gasteiger partial charge is 0.0622 e. The fraction of sp³-hybridized carbons (Fsp3) is 0.0400. The average Bonchev–Trinajstić information content (AvgIpc) is 2.70. The molecule has 4 rings (SSSR count). The van der Waals surface area contributed by atoms with E-state index in [9.17, 15) is 0 Å². The van der Waals surface area contributed by atoms with Gasteiger partial charge in [0.1, 0.15) is 0 Å². The van der Waals surface area contributed by atoms with E-state index in [2.05, 4.69) is 109 Å². The van der Waals surface area contributed by atoms with Crippen molar-refractivity contribution in [2.75, 3.05) is 0 Å². The van der Waals surface area contributed by atoms with E-state index in [-0.39, 0.29) is 0 Å². The Balaban J connectivity index is 1.61. The second kappa shape index (κ2) is 7.19. The van der Waals surface area contributed by atoms with Crippen LogP contribution in [0.4, 0.5) is 0 Å². The van der Waals surface area contributed by atoms with Crippen molar-refractivity contribution in [3.8, 4) is 22.3 Å². The predicted molar refractivity (Wildman–Crippen MR) is 107 cm³/mol. The van der Waals surface area contributed by atoms with Gasteiger partial charge < -0.3 is 0 Å². The molecule has 0 unspecified atom stereocenters. The fourth-order valence-electron chi connectivity index (χ4n) is 3.24. The van der Waals surface area contributed by atoms with Gasteiger partial charge in [0.05, 0.1) is 0 Å². The minimum Gasteiger partial charge on any atom is -0.0622 e. The highest BCUT2D eigenvalue weighted by atomic mass is 14.1. The summed E-state index contributed by atoms with van der Waals surface area (Å²) in [6.45, 7) is 0. The lowest BCUT2D eigenvalue weighted by Crippen LogP contribution is -1.92. The van der Waals surface area contributed by atoms with E-state index in [0.29, 0.717) is 0 Å². The monoisotopic (exact) mass is 320 g/mol.